The Bertz CT molecular complexity index is 841. The van der Waals surface area contributed by atoms with Gasteiger partial charge in [0.05, 0.1) is 10.8 Å². The van der Waals surface area contributed by atoms with Crippen LogP contribution in [0.25, 0.3) is 22.2 Å². The third-order valence-electron chi connectivity index (χ3n) is 5.06. The van der Waals surface area contributed by atoms with Crippen molar-refractivity contribution in [3.63, 3.8) is 0 Å². The van der Waals surface area contributed by atoms with Gasteiger partial charge in [0.25, 0.3) is 0 Å². The zero-order valence-electron chi connectivity index (χ0n) is 15.3. The Morgan fingerprint density at radius 2 is 1.80 bits per heavy atom. The maximum Gasteiger partial charge on any atom is 0.230 e. The lowest BCUT2D eigenvalue weighted by Gasteiger charge is -2.23. The SMILES string of the molecule is CC[Si](C)(CC)c1oc2nccc(OCOC)c2c1-c1ccccc1. The van der Waals surface area contributed by atoms with Crippen molar-refractivity contribution in [1.29, 1.82) is 0 Å². The van der Waals surface area contributed by atoms with Crippen LogP contribution in [0.3, 0.4) is 0 Å². The highest BCUT2D eigenvalue weighted by Gasteiger charge is 2.35. The van der Waals surface area contributed by atoms with E-state index < -0.39 is 8.07 Å². The fourth-order valence-electron chi connectivity index (χ4n) is 3.11. The minimum atomic E-state index is -1.73. The van der Waals surface area contributed by atoms with Gasteiger partial charge in [0.1, 0.15) is 13.8 Å². The first kappa shape index (κ1) is 17.7. The third-order valence-corrected chi connectivity index (χ3v) is 9.63. The summed E-state index contributed by atoms with van der Waals surface area (Å²) in [5, 5.41) is 2.06. The Kier molecular flexibility index (Phi) is 5.25. The van der Waals surface area contributed by atoms with Crippen LogP contribution in [0.15, 0.2) is 47.0 Å². The van der Waals surface area contributed by atoms with Gasteiger partial charge in [-0.1, -0.05) is 62.8 Å². The topological polar surface area (TPSA) is 44.5 Å². The van der Waals surface area contributed by atoms with Gasteiger partial charge >= 0.3 is 0 Å². The van der Waals surface area contributed by atoms with E-state index in [2.05, 4.69) is 49.6 Å². The lowest BCUT2D eigenvalue weighted by molar-refractivity contribution is 0.0522. The molecule has 0 bridgehead atoms. The van der Waals surface area contributed by atoms with E-state index >= 15 is 0 Å². The molecule has 0 aliphatic rings. The van der Waals surface area contributed by atoms with E-state index in [0.717, 1.165) is 39.7 Å². The minimum absolute atomic E-state index is 0.199. The Balaban J connectivity index is 2.33. The van der Waals surface area contributed by atoms with Gasteiger partial charge in [-0.3, -0.25) is 0 Å². The number of rotatable bonds is 7. The highest BCUT2D eigenvalue weighted by atomic mass is 28.3. The zero-order valence-corrected chi connectivity index (χ0v) is 16.3. The standard InChI is InChI=1S/C20H25NO3Si/c1-5-25(4,6-2)20-17(15-10-8-7-9-11-15)18-16(23-14-22-3)12-13-21-19(18)24-20/h7-13H,5-6,14H2,1-4H3. The molecule has 0 aliphatic carbocycles. The largest absolute Gasteiger partial charge is 0.467 e. The van der Waals surface area contributed by atoms with Gasteiger partial charge in [-0.25, -0.2) is 4.98 Å². The Labute approximate surface area is 149 Å². The fourth-order valence-corrected chi connectivity index (χ4v) is 5.47. The number of methoxy groups -OCH3 is 1. The molecule has 5 heteroatoms. The second kappa shape index (κ2) is 7.41. The lowest BCUT2D eigenvalue weighted by Crippen LogP contribution is -2.43. The van der Waals surface area contributed by atoms with Crippen LogP contribution in [-0.2, 0) is 4.74 Å². The van der Waals surface area contributed by atoms with Gasteiger partial charge in [-0.05, 0) is 11.6 Å². The van der Waals surface area contributed by atoms with Gasteiger partial charge in [0.2, 0.25) is 5.71 Å². The van der Waals surface area contributed by atoms with Crippen LogP contribution < -0.4 is 10.1 Å². The number of ether oxygens (including phenoxy) is 2. The summed E-state index contributed by atoms with van der Waals surface area (Å²) in [7, 11) is -0.111. The van der Waals surface area contributed by atoms with Crippen LogP contribution in [0.1, 0.15) is 13.8 Å². The van der Waals surface area contributed by atoms with Gasteiger partial charge in [0.15, 0.2) is 6.79 Å². The van der Waals surface area contributed by atoms with Crippen LogP contribution in [0.2, 0.25) is 18.6 Å². The van der Waals surface area contributed by atoms with E-state index in [-0.39, 0.29) is 6.79 Å². The monoisotopic (exact) mass is 355 g/mol. The molecular formula is C20H25NO3Si. The van der Waals surface area contributed by atoms with Gasteiger partial charge in [-0.15, -0.1) is 0 Å². The average molecular weight is 356 g/mol. The van der Waals surface area contributed by atoms with Crippen LogP contribution in [0.4, 0.5) is 0 Å². The summed E-state index contributed by atoms with van der Waals surface area (Å²) in [4.78, 5) is 4.47. The molecule has 1 aromatic carbocycles. The van der Waals surface area contributed by atoms with Crippen molar-refractivity contribution in [2.75, 3.05) is 13.9 Å². The molecule has 2 heterocycles. The highest BCUT2D eigenvalue weighted by molar-refractivity contribution is 6.91. The second-order valence-corrected chi connectivity index (χ2v) is 11.5. The summed E-state index contributed by atoms with van der Waals surface area (Å²) in [5.41, 5.74) is 2.92. The number of hydrogen-bond acceptors (Lipinski definition) is 4. The predicted molar refractivity (Wildman–Crippen MR) is 104 cm³/mol. The van der Waals surface area contributed by atoms with E-state index in [9.17, 15) is 0 Å². The normalized spacial score (nSPS) is 11.8. The highest BCUT2D eigenvalue weighted by Crippen LogP contribution is 2.37. The van der Waals surface area contributed by atoms with Crippen molar-refractivity contribution in [3.05, 3.63) is 42.6 Å². The number of furan rings is 1. The Hall–Kier alpha value is -2.11. The van der Waals surface area contributed by atoms with Gasteiger partial charge in [0, 0.05) is 18.9 Å². The van der Waals surface area contributed by atoms with Gasteiger partial charge < -0.3 is 13.9 Å². The lowest BCUT2D eigenvalue weighted by atomic mass is 10.1. The summed E-state index contributed by atoms with van der Waals surface area (Å²) < 4.78 is 17.3. The molecule has 0 aliphatic heterocycles. The predicted octanol–water partition coefficient (Wildman–Crippen LogP) is 4.80. The zero-order chi connectivity index (χ0) is 17.9. The first-order chi connectivity index (χ1) is 12.1. The molecule has 2 aromatic heterocycles. The molecule has 0 saturated carbocycles. The van der Waals surface area contributed by atoms with Crippen molar-refractivity contribution < 1.29 is 13.9 Å². The summed E-state index contributed by atoms with van der Waals surface area (Å²) in [6.07, 6.45) is 1.73. The molecule has 0 atom stereocenters. The number of aromatic nitrogens is 1. The molecule has 25 heavy (non-hydrogen) atoms. The molecular weight excluding hydrogens is 330 g/mol. The van der Waals surface area contributed by atoms with Crippen LogP contribution in [-0.4, -0.2) is 27.0 Å². The summed E-state index contributed by atoms with van der Waals surface area (Å²) >= 11 is 0. The van der Waals surface area contributed by atoms with E-state index in [1.165, 1.54) is 0 Å². The van der Waals surface area contributed by atoms with E-state index in [1.807, 2.05) is 12.1 Å². The molecule has 132 valence electrons. The Morgan fingerprint density at radius 3 is 2.44 bits per heavy atom. The van der Waals surface area contributed by atoms with Gasteiger partial charge in [-0.2, -0.15) is 0 Å². The van der Waals surface area contributed by atoms with Crippen LogP contribution in [0.5, 0.6) is 5.75 Å². The molecule has 0 unspecified atom stereocenters. The van der Waals surface area contributed by atoms with Crippen molar-refractivity contribution in [1.82, 2.24) is 4.98 Å². The van der Waals surface area contributed by atoms with Crippen molar-refractivity contribution >= 4 is 24.6 Å². The molecule has 0 amide bonds. The summed E-state index contributed by atoms with van der Waals surface area (Å²) in [6.45, 7) is 7.10. The number of fused-ring (bicyclic) bond motifs is 1. The maximum atomic E-state index is 6.35. The first-order valence-corrected chi connectivity index (χ1v) is 11.6. The first-order valence-electron chi connectivity index (χ1n) is 8.73. The second-order valence-electron chi connectivity index (χ2n) is 6.48. The number of hydrogen-bond donors (Lipinski definition) is 0. The molecule has 0 fully saturated rings. The summed E-state index contributed by atoms with van der Waals surface area (Å²) in [6, 6.07) is 14.5. The van der Waals surface area contributed by atoms with E-state index in [0.29, 0.717) is 5.71 Å². The fraction of sp³-hybridized carbons (Fsp3) is 0.350. The molecule has 0 radical (unpaired) electrons. The van der Waals surface area contributed by atoms with Crippen molar-refractivity contribution in [2.45, 2.75) is 32.5 Å². The quantitative estimate of drug-likeness (QED) is 0.451. The molecule has 0 N–H and O–H groups in total. The van der Waals surface area contributed by atoms with Crippen LogP contribution >= 0.6 is 0 Å². The van der Waals surface area contributed by atoms with E-state index in [1.54, 1.807) is 13.3 Å². The molecule has 4 nitrogen and oxygen atoms in total. The molecule has 0 saturated heterocycles. The average Bonchev–Trinajstić information content (AvgIpc) is 3.07. The number of benzene rings is 1. The molecule has 3 aromatic rings. The number of pyridine rings is 1. The van der Waals surface area contributed by atoms with Crippen molar-refractivity contribution in [3.8, 4) is 16.9 Å². The molecule has 3 rings (SSSR count). The number of nitrogens with zero attached hydrogens (tertiary/aromatic N) is 1. The summed E-state index contributed by atoms with van der Waals surface area (Å²) in [5.74, 6) is 0.754. The molecule has 0 spiro atoms. The Morgan fingerprint density at radius 1 is 1.08 bits per heavy atom. The third kappa shape index (κ3) is 3.22. The minimum Gasteiger partial charge on any atom is -0.467 e. The van der Waals surface area contributed by atoms with Crippen molar-refractivity contribution in [2.24, 2.45) is 0 Å². The smallest absolute Gasteiger partial charge is 0.230 e. The maximum absolute atomic E-state index is 6.35. The van der Waals surface area contributed by atoms with Crippen LogP contribution in [0, 0.1) is 0 Å². The van der Waals surface area contributed by atoms with E-state index in [4.69, 9.17) is 13.9 Å².